The predicted octanol–water partition coefficient (Wildman–Crippen LogP) is 2.98. The number of ether oxygens (including phenoxy) is 2. The van der Waals surface area contributed by atoms with Crippen LogP contribution in [0.2, 0.25) is 0 Å². The van der Waals surface area contributed by atoms with Crippen molar-refractivity contribution in [3.63, 3.8) is 0 Å². The molecule has 0 saturated heterocycles. The average molecular weight is 368 g/mol. The number of benzene rings is 1. The molecule has 0 bridgehead atoms. The first-order valence-corrected chi connectivity index (χ1v) is 8.93. The van der Waals surface area contributed by atoms with Gasteiger partial charge in [0.05, 0.1) is 32.5 Å². The van der Waals surface area contributed by atoms with Gasteiger partial charge >= 0.3 is 0 Å². The Morgan fingerprint density at radius 1 is 1.11 bits per heavy atom. The molecule has 0 atom stereocenters. The Balaban J connectivity index is 1.90. The molecule has 0 fully saturated rings. The van der Waals surface area contributed by atoms with E-state index in [1.165, 1.54) is 0 Å². The molecule has 0 spiro atoms. The highest BCUT2D eigenvalue weighted by Crippen LogP contribution is 2.26. The lowest BCUT2D eigenvalue weighted by Crippen LogP contribution is -2.30. The van der Waals surface area contributed by atoms with Gasteiger partial charge in [-0.3, -0.25) is 4.79 Å². The monoisotopic (exact) mass is 368 g/mol. The fraction of sp³-hybridized carbons (Fsp3) is 0.350. The summed E-state index contributed by atoms with van der Waals surface area (Å²) in [4.78, 5) is 18.8. The van der Waals surface area contributed by atoms with Crippen molar-refractivity contribution < 1.29 is 14.3 Å². The lowest BCUT2D eigenvalue weighted by atomic mass is 10.2. The molecule has 1 aromatic carbocycles. The number of methoxy groups -OCH3 is 2. The molecule has 0 aliphatic carbocycles. The number of carbonyl (C=O) groups excluding carboxylic acids is 1. The quantitative estimate of drug-likeness (QED) is 0.641. The van der Waals surface area contributed by atoms with Crippen molar-refractivity contribution >= 4 is 16.9 Å². The highest BCUT2D eigenvalue weighted by atomic mass is 16.5. The minimum Gasteiger partial charge on any atom is -0.497 e. The average Bonchev–Trinajstić information content (AvgIpc) is 3.11. The lowest BCUT2D eigenvalue weighted by Gasteiger charge is -2.18. The predicted molar refractivity (Wildman–Crippen MR) is 103 cm³/mol. The van der Waals surface area contributed by atoms with Crippen molar-refractivity contribution in [1.82, 2.24) is 19.7 Å². The van der Waals surface area contributed by atoms with E-state index in [4.69, 9.17) is 9.47 Å². The van der Waals surface area contributed by atoms with E-state index in [1.54, 1.807) is 36.2 Å². The van der Waals surface area contributed by atoms with Gasteiger partial charge in [-0.05, 0) is 32.0 Å². The molecule has 27 heavy (non-hydrogen) atoms. The van der Waals surface area contributed by atoms with Crippen molar-refractivity contribution in [3.05, 3.63) is 47.8 Å². The van der Waals surface area contributed by atoms with Gasteiger partial charge in [-0.15, -0.1) is 0 Å². The van der Waals surface area contributed by atoms with Crippen LogP contribution in [-0.4, -0.2) is 52.9 Å². The second-order valence-electron chi connectivity index (χ2n) is 6.09. The Kier molecular flexibility index (Phi) is 5.59. The number of hydrogen-bond donors (Lipinski definition) is 0. The number of amides is 1. The number of hydrogen-bond acceptors (Lipinski definition) is 5. The summed E-state index contributed by atoms with van der Waals surface area (Å²) in [6.45, 7) is 5.78. The summed E-state index contributed by atoms with van der Waals surface area (Å²) in [7, 11) is 3.25. The summed E-state index contributed by atoms with van der Waals surface area (Å²) >= 11 is 0. The van der Waals surface area contributed by atoms with Gasteiger partial charge in [0.15, 0.2) is 5.65 Å². The maximum atomic E-state index is 12.5. The van der Waals surface area contributed by atoms with Gasteiger partial charge in [-0.1, -0.05) is 0 Å². The highest BCUT2D eigenvalue weighted by Gasteiger charge is 2.15. The molecule has 2 heterocycles. The Labute approximate surface area is 158 Å². The van der Waals surface area contributed by atoms with Crippen molar-refractivity contribution in [2.24, 2.45) is 0 Å². The largest absolute Gasteiger partial charge is 0.497 e. The molecule has 2 aromatic heterocycles. The molecular formula is C20H24N4O3. The SMILES string of the molecule is CCN(CC)C(=O)c1cnc2c(cnn2Cc2ccc(OC)cc2OC)c1. The second kappa shape index (κ2) is 8.07. The fourth-order valence-electron chi connectivity index (χ4n) is 3.04. The van der Waals surface area contributed by atoms with Gasteiger partial charge in [0.25, 0.3) is 5.91 Å². The summed E-state index contributed by atoms with van der Waals surface area (Å²) < 4.78 is 12.5. The molecule has 142 valence electrons. The molecule has 0 saturated carbocycles. The van der Waals surface area contributed by atoms with Crippen LogP contribution in [0.1, 0.15) is 29.8 Å². The van der Waals surface area contributed by atoms with E-state index >= 15 is 0 Å². The minimum absolute atomic E-state index is 0.0148. The van der Waals surface area contributed by atoms with Gasteiger partial charge < -0.3 is 14.4 Å². The van der Waals surface area contributed by atoms with E-state index in [0.717, 1.165) is 28.1 Å². The first kappa shape index (κ1) is 18.7. The standard InChI is InChI=1S/C20H24N4O3/c1-5-23(6-2)20(25)16-9-15-12-22-24(19(15)21-11-16)13-14-7-8-17(26-3)10-18(14)27-4/h7-12H,5-6,13H2,1-4H3. The molecule has 7 heteroatoms. The van der Waals surface area contributed by atoms with Gasteiger partial charge in [-0.2, -0.15) is 5.10 Å². The zero-order valence-corrected chi connectivity index (χ0v) is 16.1. The van der Waals surface area contributed by atoms with Crippen molar-refractivity contribution in [3.8, 4) is 11.5 Å². The van der Waals surface area contributed by atoms with E-state index in [0.29, 0.717) is 25.2 Å². The van der Waals surface area contributed by atoms with E-state index in [-0.39, 0.29) is 5.91 Å². The number of pyridine rings is 1. The summed E-state index contributed by atoms with van der Waals surface area (Å²) in [5.41, 5.74) is 2.27. The number of aromatic nitrogens is 3. The first-order valence-electron chi connectivity index (χ1n) is 8.93. The number of carbonyl (C=O) groups is 1. The van der Waals surface area contributed by atoms with E-state index in [1.807, 2.05) is 38.1 Å². The zero-order valence-electron chi connectivity index (χ0n) is 16.1. The Morgan fingerprint density at radius 2 is 1.89 bits per heavy atom. The van der Waals surface area contributed by atoms with Crippen molar-refractivity contribution in [1.29, 1.82) is 0 Å². The van der Waals surface area contributed by atoms with Crippen LogP contribution in [0.5, 0.6) is 11.5 Å². The van der Waals surface area contributed by atoms with Crippen molar-refractivity contribution in [2.75, 3.05) is 27.3 Å². The van der Waals surface area contributed by atoms with Gasteiger partial charge in [0.1, 0.15) is 11.5 Å². The molecule has 1 amide bonds. The maximum Gasteiger partial charge on any atom is 0.255 e. The molecule has 0 unspecified atom stereocenters. The third-order valence-electron chi connectivity index (χ3n) is 4.59. The van der Waals surface area contributed by atoms with Crippen LogP contribution in [0.15, 0.2) is 36.7 Å². The summed E-state index contributed by atoms with van der Waals surface area (Å²) in [6, 6.07) is 7.52. The van der Waals surface area contributed by atoms with E-state index < -0.39 is 0 Å². The zero-order chi connectivity index (χ0) is 19.4. The van der Waals surface area contributed by atoms with Crippen LogP contribution >= 0.6 is 0 Å². The summed E-state index contributed by atoms with van der Waals surface area (Å²) in [5, 5.41) is 5.27. The molecule has 0 aliphatic heterocycles. The summed E-state index contributed by atoms with van der Waals surface area (Å²) in [6.07, 6.45) is 3.35. The van der Waals surface area contributed by atoms with Gasteiger partial charge in [-0.25, -0.2) is 9.67 Å². The number of rotatable bonds is 7. The van der Waals surface area contributed by atoms with Crippen LogP contribution in [0.4, 0.5) is 0 Å². The lowest BCUT2D eigenvalue weighted by molar-refractivity contribution is 0.0773. The van der Waals surface area contributed by atoms with Crippen LogP contribution in [-0.2, 0) is 6.54 Å². The third kappa shape index (κ3) is 3.72. The van der Waals surface area contributed by atoms with E-state index in [9.17, 15) is 4.79 Å². The van der Waals surface area contributed by atoms with Gasteiger partial charge in [0, 0.05) is 36.3 Å². The Hall–Kier alpha value is -3.09. The van der Waals surface area contributed by atoms with Crippen molar-refractivity contribution in [2.45, 2.75) is 20.4 Å². The fourth-order valence-corrected chi connectivity index (χ4v) is 3.04. The van der Waals surface area contributed by atoms with Crippen LogP contribution in [0, 0.1) is 0 Å². The van der Waals surface area contributed by atoms with Crippen LogP contribution in [0.25, 0.3) is 11.0 Å². The number of fused-ring (bicyclic) bond motifs is 1. The van der Waals surface area contributed by atoms with Gasteiger partial charge in [0.2, 0.25) is 0 Å². The molecule has 7 nitrogen and oxygen atoms in total. The highest BCUT2D eigenvalue weighted by molar-refractivity contribution is 5.96. The van der Waals surface area contributed by atoms with E-state index in [2.05, 4.69) is 10.1 Å². The third-order valence-corrected chi connectivity index (χ3v) is 4.59. The summed E-state index contributed by atoms with van der Waals surface area (Å²) in [5.74, 6) is 1.45. The molecule has 0 aliphatic rings. The number of nitrogens with zero attached hydrogens (tertiary/aromatic N) is 4. The normalized spacial score (nSPS) is 10.8. The van der Waals surface area contributed by atoms with Crippen LogP contribution < -0.4 is 9.47 Å². The molecular weight excluding hydrogens is 344 g/mol. The molecule has 0 N–H and O–H groups in total. The Morgan fingerprint density at radius 3 is 2.56 bits per heavy atom. The van der Waals surface area contributed by atoms with Crippen LogP contribution in [0.3, 0.4) is 0 Å². The maximum absolute atomic E-state index is 12.5. The smallest absolute Gasteiger partial charge is 0.255 e. The molecule has 0 radical (unpaired) electrons. The Bertz CT molecular complexity index is 948. The molecule has 3 rings (SSSR count). The second-order valence-corrected chi connectivity index (χ2v) is 6.09. The first-order chi connectivity index (χ1) is 13.1. The molecule has 3 aromatic rings. The minimum atomic E-state index is -0.0148. The topological polar surface area (TPSA) is 69.5 Å².